The SMILES string of the molecule is Cc1csc2nc(CN(CCCO)C(C)C)cc(=O)n12. The van der Waals surface area contributed by atoms with Gasteiger partial charge in [0.15, 0.2) is 4.96 Å². The molecule has 5 nitrogen and oxygen atoms in total. The van der Waals surface area contributed by atoms with Crippen LogP contribution in [0.3, 0.4) is 0 Å². The first kappa shape index (κ1) is 15.2. The van der Waals surface area contributed by atoms with Crippen LogP contribution in [0.5, 0.6) is 0 Å². The molecule has 2 rings (SSSR count). The summed E-state index contributed by atoms with van der Waals surface area (Å²) in [6.45, 7) is 7.76. The number of aliphatic hydroxyl groups is 1. The maximum atomic E-state index is 12.1. The van der Waals surface area contributed by atoms with Crippen molar-refractivity contribution in [3.63, 3.8) is 0 Å². The van der Waals surface area contributed by atoms with Crippen LogP contribution in [0.1, 0.15) is 31.7 Å². The fourth-order valence-corrected chi connectivity index (χ4v) is 3.07. The molecular formula is C14H21N3O2S. The number of hydrogen-bond acceptors (Lipinski definition) is 5. The number of aryl methyl sites for hydroxylation is 1. The molecule has 20 heavy (non-hydrogen) atoms. The Morgan fingerprint density at radius 1 is 1.50 bits per heavy atom. The van der Waals surface area contributed by atoms with E-state index in [1.165, 1.54) is 11.3 Å². The second-order valence-electron chi connectivity index (χ2n) is 5.22. The predicted molar refractivity (Wildman–Crippen MR) is 81.3 cm³/mol. The lowest BCUT2D eigenvalue weighted by Crippen LogP contribution is -2.32. The number of thiazole rings is 1. The number of aliphatic hydroxyl groups excluding tert-OH is 1. The number of fused-ring (bicyclic) bond motifs is 1. The summed E-state index contributed by atoms with van der Waals surface area (Å²) in [5, 5.41) is 10.9. The molecule has 0 spiro atoms. The van der Waals surface area contributed by atoms with Gasteiger partial charge in [0.1, 0.15) is 0 Å². The summed E-state index contributed by atoms with van der Waals surface area (Å²) in [7, 11) is 0. The van der Waals surface area contributed by atoms with E-state index in [0.29, 0.717) is 12.6 Å². The van der Waals surface area contributed by atoms with Crippen molar-refractivity contribution >= 4 is 16.3 Å². The smallest absolute Gasteiger partial charge is 0.259 e. The maximum absolute atomic E-state index is 12.1. The molecule has 0 aliphatic rings. The molecule has 6 heteroatoms. The minimum atomic E-state index is -0.0189. The first-order chi connectivity index (χ1) is 9.52. The summed E-state index contributed by atoms with van der Waals surface area (Å²) in [5.74, 6) is 0. The molecule has 0 unspecified atom stereocenters. The molecule has 0 amide bonds. The molecule has 110 valence electrons. The Kier molecular flexibility index (Phi) is 4.91. The van der Waals surface area contributed by atoms with Crippen molar-refractivity contribution in [3.05, 3.63) is 33.2 Å². The molecule has 2 aromatic rings. The lowest BCUT2D eigenvalue weighted by Gasteiger charge is -2.25. The number of nitrogens with zero attached hydrogens (tertiary/aromatic N) is 3. The van der Waals surface area contributed by atoms with Gasteiger partial charge in [-0.15, -0.1) is 11.3 Å². The van der Waals surface area contributed by atoms with E-state index in [9.17, 15) is 4.79 Å². The quantitative estimate of drug-likeness (QED) is 0.880. The summed E-state index contributed by atoms with van der Waals surface area (Å²) in [6, 6.07) is 1.97. The third-order valence-electron chi connectivity index (χ3n) is 3.33. The number of hydrogen-bond donors (Lipinski definition) is 1. The van der Waals surface area contributed by atoms with Crippen LogP contribution in [-0.4, -0.2) is 38.6 Å². The minimum Gasteiger partial charge on any atom is -0.396 e. The second kappa shape index (κ2) is 6.47. The highest BCUT2D eigenvalue weighted by molar-refractivity contribution is 7.15. The van der Waals surface area contributed by atoms with E-state index in [4.69, 9.17) is 5.11 Å². The topological polar surface area (TPSA) is 57.8 Å². The molecule has 0 aromatic carbocycles. The number of rotatable bonds is 6. The molecule has 2 aromatic heterocycles. The van der Waals surface area contributed by atoms with Gasteiger partial charge in [-0.25, -0.2) is 4.98 Å². The average Bonchev–Trinajstić information content (AvgIpc) is 2.76. The summed E-state index contributed by atoms with van der Waals surface area (Å²) < 4.78 is 1.64. The Labute approximate surface area is 122 Å². The molecule has 0 atom stereocenters. The van der Waals surface area contributed by atoms with E-state index < -0.39 is 0 Å². The van der Waals surface area contributed by atoms with Gasteiger partial charge in [0.2, 0.25) is 0 Å². The fourth-order valence-electron chi connectivity index (χ4n) is 2.18. The van der Waals surface area contributed by atoms with E-state index in [1.807, 2.05) is 12.3 Å². The van der Waals surface area contributed by atoms with Crippen LogP contribution in [0, 0.1) is 6.92 Å². The van der Waals surface area contributed by atoms with Crippen LogP contribution in [-0.2, 0) is 6.54 Å². The van der Waals surface area contributed by atoms with Crippen LogP contribution >= 0.6 is 11.3 Å². The predicted octanol–water partition coefficient (Wildman–Crippen LogP) is 1.66. The first-order valence-electron chi connectivity index (χ1n) is 6.84. The lowest BCUT2D eigenvalue weighted by atomic mass is 10.2. The highest BCUT2D eigenvalue weighted by Gasteiger charge is 2.13. The molecule has 2 heterocycles. The fraction of sp³-hybridized carbons (Fsp3) is 0.571. The van der Waals surface area contributed by atoms with Gasteiger partial charge in [0.25, 0.3) is 5.56 Å². The molecule has 1 N–H and O–H groups in total. The van der Waals surface area contributed by atoms with Crippen LogP contribution < -0.4 is 5.56 Å². The van der Waals surface area contributed by atoms with Crippen molar-refractivity contribution in [2.24, 2.45) is 0 Å². The Morgan fingerprint density at radius 3 is 2.90 bits per heavy atom. The van der Waals surface area contributed by atoms with Gasteiger partial charge in [-0.3, -0.25) is 14.1 Å². The van der Waals surface area contributed by atoms with Crippen molar-refractivity contribution < 1.29 is 5.11 Å². The zero-order valence-electron chi connectivity index (χ0n) is 12.2. The van der Waals surface area contributed by atoms with Crippen molar-refractivity contribution in [2.45, 2.75) is 39.8 Å². The Hall–Kier alpha value is -1.24. The van der Waals surface area contributed by atoms with Gasteiger partial charge in [0, 0.05) is 42.9 Å². The maximum Gasteiger partial charge on any atom is 0.259 e. The summed E-state index contributed by atoms with van der Waals surface area (Å²) >= 11 is 1.49. The third kappa shape index (κ3) is 3.26. The monoisotopic (exact) mass is 295 g/mol. The Bertz CT molecular complexity index is 633. The van der Waals surface area contributed by atoms with Crippen molar-refractivity contribution in [2.75, 3.05) is 13.2 Å². The van der Waals surface area contributed by atoms with Crippen molar-refractivity contribution in [1.82, 2.24) is 14.3 Å². The molecule has 0 saturated heterocycles. The van der Waals surface area contributed by atoms with Crippen molar-refractivity contribution in [1.29, 1.82) is 0 Å². The van der Waals surface area contributed by atoms with Gasteiger partial charge < -0.3 is 5.11 Å². The van der Waals surface area contributed by atoms with Crippen molar-refractivity contribution in [3.8, 4) is 0 Å². The van der Waals surface area contributed by atoms with E-state index >= 15 is 0 Å². The minimum absolute atomic E-state index is 0.0189. The molecule has 0 aliphatic carbocycles. The van der Waals surface area contributed by atoms with E-state index in [-0.39, 0.29) is 12.2 Å². The van der Waals surface area contributed by atoms with E-state index in [2.05, 4.69) is 23.7 Å². The zero-order chi connectivity index (χ0) is 14.7. The van der Waals surface area contributed by atoms with Gasteiger partial charge in [0.05, 0.1) is 5.69 Å². The van der Waals surface area contributed by atoms with Crippen LogP contribution in [0.2, 0.25) is 0 Å². The van der Waals surface area contributed by atoms with Crippen LogP contribution in [0.25, 0.3) is 4.96 Å². The average molecular weight is 295 g/mol. The van der Waals surface area contributed by atoms with Gasteiger partial charge in [-0.05, 0) is 27.2 Å². The highest BCUT2D eigenvalue weighted by atomic mass is 32.1. The second-order valence-corrected chi connectivity index (χ2v) is 6.06. The van der Waals surface area contributed by atoms with Gasteiger partial charge in [-0.2, -0.15) is 0 Å². The first-order valence-corrected chi connectivity index (χ1v) is 7.72. The Balaban J connectivity index is 2.26. The molecule has 0 fully saturated rings. The molecule has 0 bridgehead atoms. The van der Waals surface area contributed by atoms with Crippen LogP contribution in [0.15, 0.2) is 16.2 Å². The summed E-state index contributed by atoms with van der Waals surface area (Å²) in [6.07, 6.45) is 0.734. The van der Waals surface area contributed by atoms with E-state index in [1.54, 1.807) is 10.5 Å². The number of aromatic nitrogens is 2. The van der Waals surface area contributed by atoms with Gasteiger partial charge >= 0.3 is 0 Å². The standard InChI is InChI=1S/C14H21N3O2S/c1-10(2)16(5-4-6-18)8-12-7-13(19)17-11(3)9-20-14(17)15-12/h7,9-10,18H,4-6,8H2,1-3H3. The lowest BCUT2D eigenvalue weighted by molar-refractivity contribution is 0.183. The summed E-state index contributed by atoms with van der Waals surface area (Å²) in [5.41, 5.74) is 1.70. The molecular weight excluding hydrogens is 274 g/mol. The highest BCUT2D eigenvalue weighted by Crippen LogP contribution is 2.13. The third-order valence-corrected chi connectivity index (χ3v) is 4.27. The van der Waals surface area contributed by atoms with Gasteiger partial charge in [-0.1, -0.05) is 0 Å². The van der Waals surface area contributed by atoms with Crippen LogP contribution in [0.4, 0.5) is 0 Å². The molecule has 0 radical (unpaired) electrons. The zero-order valence-corrected chi connectivity index (χ0v) is 13.0. The largest absolute Gasteiger partial charge is 0.396 e. The molecule has 0 saturated carbocycles. The summed E-state index contributed by atoms with van der Waals surface area (Å²) in [4.78, 5) is 19.6. The molecule has 0 aliphatic heterocycles. The van der Waals surface area contributed by atoms with E-state index in [0.717, 1.165) is 29.3 Å². The normalized spacial score (nSPS) is 11.9. The Morgan fingerprint density at radius 2 is 2.25 bits per heavy atom.